The van der Waals surface area contributed by atoms with Crippen LogP contribution in [0.2, 0.25) is 0 Å². The van der Waals surface area contributed by atoms with Gasteiger partial charge in [-0.25, -0.2) is 4.79 Å². The average molecular weight is 415 g/mol. The maximum atomic E-state index is 12.6. The van der Waals surface area contributed by atoms with Crippen LogP contribution in [0.15, 0.2) is 42.5 Å². The predicted molar refractivity (Wildman–Crippen MR) is 115 cm³/mol. The molecule has 0 aliphatic carbocycles. The van der Waals surface area contributed by atoms with E-state index in [4.69, 9.17) is 14.2 Å². The molecular formula is C23H29NO6. The second-order valence-electron chi connectivity index (χ2n) is 6.62. The molecule has 0 bridgehead atoms. The Morgan fingerprint density at radius 3 is 2.33 bits per heavy atom. The van der Waals surface area contributed by atoms with Crippen molar-refractivity contribution >= 4 is 17.6 Å². The molecule has 7 nitrogen and oxygen atoms in total. The number of benzene rings is 2. The van der Waals surface area contributed by atoms with Gasteiger partial charge in [-0.3, -0.25) is 4.79 Å². The first kappa shape index (κ1) is 23.1. The molecule has 0 unspecified atom stereocenters. The molecule has 2 rings (SSSR count). The number of anilines is 1. The SMILES string of the molecule is CCCCCCOc1ccc(C(=O)Nc2ccc(OCC(=O)OC)cc2)cc1OC. The van der Waals surface area contributed by atoms with E-state index in [2.05, 4.69) is 17.0 Å². The van der Waals surface area contributed by atoms with Crippen molar-refractivity contribution in [3.05, 3.63) is 48.0 Å². The van der Waals surface area contributed by atoms with Crippen molar-refractivity contribution in [2.24, 2.45) is 0 Å². The van der Waals surface area contributed by atoms with Gasteiger partial charge in [-0.15, -0.1) is 0 Å². The summed E-state index contributed by atoms with van der Waals surface area (Å²) in [4.78, 5) is 23.7. The molecule has 0 saturated carbocycles. The van der Waals surface area contributed by atoms with Crippen LogP contribution in [-0.4, -0.2) is 39.3 Å². The van der Waals surface area contributed by atoms with Crippen LogP contribution in [0.4, 0.5) is 5.69 Å². The molecule has 0 heterocycles. The summed E-state index contributed by atoms with van der Waals surface area (Å²) in [6.45, 7) is 2.61. The van der Waals surface area contributed by atoms with Gasteiger partial charge < -0.3 is 24.3 Å². The number of hydrogen-bond acceptors (Lipinski definition) is 6. The minimum Gasteiger partial charge on any atom is -0.493 e. The summed E-state index contributed by atoms with van der Waals surface area (Å²) in [5, 5.41) is 2.82. The number of methoxy groups -OCH3 is 2. The lowest BCUT2D eigenvalue weighted by Gasteiger charge is -2.12. The number of unbranched alkanes of at least 4 members (excludes halogenated alkanes) is 3. The normalized spacial score (nSPS) is 10.2. The number of nitrogens with one attached hydrogen (secondary N) is 1. The summed E-state index contributed by atoms with van der Waals surface area (Å²) in [5.41, 5.74) is 1.05. The third kappa shape index (κ3) is 7.31. The van der Waals surface area contributed by atoms with Crippen LogP contribution in [-0.2, 0) is 9.53 Å². The fraction of sp³-hybridized carbons (Fsp3) is 0.391. The minimum absolute atomic E-state index is 0.172. The van der Waals surface area contributed by atoms with Crippen LogP contribution in [0.3, 0.4) is 0 Å². The van der Waals surface area contributed by atoms with Crippen molar-refractivity contribution in [1.82, 2.24) is 0 Å². The van der Waals surface area contributed by atoms with Crippen molar-refractivity contribution in [2.75, 3.05) is 32.8 Å². The van der Waals surface area contributed by atoms with Gasteiger partial charge in [0.25, 0.3) is 5.91 Å². The molecule has 2 aromatic rings. The summed E-state index contributed by atoms with van der Waals surface area (Å²) in [6.07, 6.45) is 4.48. The molecule has 0 spiro atoms. The van der Waals surface area contributed by atoms with Gasteiger partial charge in [0.2, 0.25) is 0 Å². The zero-order valence-corrected chi connectivity index (χ0v) is 17.7. The standard InChI is InChI=1S/C23H29NO6/c1-4-5-6-7-14-29-20-13-8-17(15-21(20)27-2)23(26)24-18-9-11-19(12-10-18)30-16-22(25)28-3/h8-13,15H,4-7,14,16H2,1-3H3,(H,24,26). The number of carbonyl (C=O) groups excluding carboxylic acids is 2. The lowest BCUT2D eigenvalue weighted by atomic mass is 10.1. The van der Waals surface area contributed by atoms with Crippen LogP contribution >= 0.6 is 0 Å². The molecule has 1 N–H and O–H groups in total. The molecular weight excluding hydrogens is 386 g/mol. The lowest BCUT2D eigenvalue weighted by Crippen LogP contribution is -2.13. The number of ether oxygens (including phenoxy) is 4. The highest BCUT2D eigenvalue weighted by Gasteiger charge is 2.12. The van der Waals surface area contributed by atoms with E-state index in [9.17, 15) is 9.59 Å². The molecule has 30 heavy (non-hydrogen) atoms. The van der Waals surface area contributed by atoms with Crippen molar-refractivity contribution in [3.8, 4) is 17.2 Å². The topological polar surface area (TPSA) is 83.1 Å². The first-order valence-electron chi connectivity index (χ1n) is 9.99. The number of rotatable bonds is 12. The van der Waals surface area contributed by atoms with E-state index in [1.165, 1.54) is 20.0 Å². The monoisotopic (exact) mass is 415 g/mol. The van der Waals surface area contributed by atoms with Crippen LogP contribution < -0.4 is 19.5 Å². The molecule has 0 atom stereocenters. The molecule has 0 saturated heterocycles. The van der Waals surface area contributed by atoms with Crippen molar-refractivity contribution < 1.29 is 28.5 Å². The fourth-order valence-electron chi connectivity index (χ4n) is 2.68. The van der Waals surface area contributed by atoms with Gasteiger partial charge >= 0.3 is 5.97 Å². The van der Waals surface area contributed by atoms with Crippen LogP contribution in [0.25, 0.3) is 0 Å². The Bertz CT molecular complexity index is 819. The largest absolute Gasteiger partial charge is 0.493 e. The Kier molecular flexibility index (Phi) is 9.51. The van der Waals surface area contributed by atoms with E-state index in [1.54, 1.807) is 49.6 Å². The first-order valence-corrected chi connectivity index (χ1v) is 9.99. The van der Waals surface area contributed by atoms with E-state index >= 15 is 0 Å². The second-order valence-corrected chi connectivity index (χ2v) is 6.62. The Balaban J connectivity index is 1.93. The van der Waals surface area contributed by atoms with Crippen molar-refractivity contribution in [1.29, 1.82) is 0 Å². The summed E-state index contributed by atoms with van der Waals surface area (Å²) in [5.74, 6) is 0.906. The highest BCUT2D eigenvalue weighted by atomic mass is 16.6. The first-order chi connectivity index (χ1) is 14.6. The van der Waals surface area contributed by atoms with E-state index < -0.39 is 5.97 Å². The zero-order chi connectivity index (χ0) is 21.8. The molecule has 7 heteroatoms. The quantitative estimate of drug-likeness (QED) is 0.407. The lowest BCUT2D eigenvalue weighted by molar-refractivity contribution is -0.142. The Morgan fingerprint density at radius 2 is 1.67 bits per heavy atom. The van der Waals surface area contributed by atoms with Gasteiger partial charge in [0.05, 0.1) is 20.8 Å². The molecule has 0 aromatic heterocycles. The predicted octanol–water partition coefficient (Wildman–Crippen LogP) is 4.46. The molecule has 0 aliphatic heterocycles. The maximum absolute atomic E-state index is 12.6. The molecule has 0 aliphatic rings. The van der Waals surface area contributed by atoms with Gasteiger partial charge in [0, 0.05) is 11.3 Å². The Labute approximate surface area is 177 Å². The number of amides is 1. The maximum Gasteiger partial charge on any atom is 0.343 e. The fourth-order valence-corrected chi connectivity index (χ4v) is 2.68. The van der Waals surface area contributed by atoms with Gasteiger partial charge in [0.15, 0.2) is 18.1 Å². The third-order valence-electron chi connectivity index (χ3n) is 4.38. The van der Waals surface area contributed by atoms with Crippen molar-refractivity contribution in [3.63, 3.8) is 0 Å². The van der Waals surface area contributed by atoms with Gasteiger partial charge in [0.1, 0.15) is 5.75 Å². The van der Waals surface area contributed by atoms with Gasteiger partial charge in [-0.1, -0.05) is 26.2 Å². The van der Waals surface area contributed by atoms with Crippen LogP contribution in [0.5, 0.6) is 17.2 Å². The van der Waals surface area contributed by atoms with Gasteiger partial charge in [-0.05, 0) is 48.9 Å². The second kappa shape index (κ2) is 12.4. The van der Waals surface area contributed by atoms with E-state index in [0.29, 0.717) is 35.1 Å². The summed E-state index contributed by atoms with van der Waals surface area (Å²) in [6, 6.07) is 11.8. The Hall–Kier alpha value is -3.22. The third-order valence-corrected chi connectivity index (χ3v) is 4.38. The zero-order valence-electron chi connectivity index (χ0n) is 17.7. The number of hydrogen-bond donors (Lipinski definition) is 1. The van der Waals surface area contributed by atoms with Crippen LogP contribution in [0.1, 0.15) is 43.0 Å². The number of carbonyl (C=O) groups is 2. The molecule has 2 aromatic carbocycles. The van der Waals surface area contributed by atoms with Crippen LogP contribution in [0, 0.1) is 0 Å². The number of esters is 1. The van der Waals surface area contributed by atoms with Crippen molar-refractivity contribution in [2.45, 2.75) is 32.6 Å². The van der Waals surface area contributed by atoms with Gasteiger partial charge in [-0.2, -0.15) is 0 Å². The summed E-state index contributed by atoms with van der Waals surface area (Å²) < 4.78 is 21.0. The summed E-state index contributed by atoms with van der Waals surface area (Å²) in [7, 11) is 2.85. The van der Waals surface area contributed by atoms with E-state index in [-0.39, 0.29) is 12.5 Å². The molecule has 162 valence electrons. The molecule has 1 amide bonds. The smallest absolute Gasteiger partial charge is 0.343 e. The Morgan fingerprint density at radius 1 is 0.900 bits per heavy atom. The minimum atomic E-state index is -0.463. The highest BCUT2D eigenvalue weighted by Crippen LogP contribution is 2.29. The molecule has 0 fully saturated rings. The van der Waals surface area contributed by atoms with E-state index in [1.807, 2.05) is 0 Å². The highest BCUT2D eigenvalue weighted by molar-refractivity contribution is 6.04. The average Bonchev–Trinajstić information content (AvgIpc) is 2.78. The van der Waals surface area contributed by atoms with E-state index in [0.717, 1.165) is 12.8 Å². The molecule has 0 radical (unpaired) electrons. The summed E-state index contributed by atoms with van der Waals surface area (Å²) >= 11 is 0.